The molecule has 1 aliphatic heterocycles. The number of nitrogens with zero attached hydrogens (tertiary/aromatic N) is 2. The predicted molar refractivity (Wildman–Crippen MR) is 82.9 cm³/mol. The second-order valence-electron chi connectivity index (χ2n) is 6.90. The summed E-state index contributed by atoms with van der Waals surface area (Å²) in [5.74, 6) is 0.499. The molecule has 1 spiro atoms. The lowest BCUT2D eigenvalue weighted by Gasteiger charge is -2.45. The van der Waals surface area contributed by atoms with Gasteiger partial charge < -0.3 is 10.5 Å². The first-order valence-corrected chi connectivity index (χ1v) is 8.30. The Morgan fingerprint density at radius 3 is 2.76 bits per heavy atom. The molecule has 1 saturated carbocycles. The van der Waals surface area contributed by atoms with Crippen LogP contribution in [0.2, 0.25) is 0 Å². The van der Waals surface area contributed by atoms with Crippen LogP contribution in [-0.4, -0.2) is 22.4 Å². The van der Waals surface area contributed by atoms with E-state index in [2.05, 4.69) is 16.3 Å². The summed E-state index contributed by atoms with van der Waals surface area (Å²) in [6.07, 6.45) is 8.55. The molecule has 2 aliphatic rings. The quantitative estimate of drug-likeness (QED) is 0.908. The lowest BCUT2D eigenvalue weighted by molar-refractivity contribution is -0.120. The summed E-state index contributed by atoms with van der Waals surface area (Å²) in [4.78, 5) is 0. The number of hydrogen-bond donors (Lipinski definition) is 1. The first kappa shape index (κ1) is 14.9. The second kappa shape index (κ2) is 6.01. The molecule has 0 bridgehead atoms. The third-order valence-corrected chi connectivity index (χ3v) is 5.30. The number of aromatic nitrogens is 2. The molecule has 3 rings (SSSR count). The normalized spacial score (nSPS) is 26.7. The van der Waals surface area contributed by atoms with Crippen molar-refractivity contribution in [2.24, 2.45) is 11.7 Å². The van der Waals surface area contributed by atoms with Crippen molar-refractivity contribution in [1.82, 2.24) is 10.2 Å². The van der Waals surface area contributed by atoms with Crippen molar-refractivity contribution in [3.05, 3.63) is 23.0 Å². The van der Waals surface area contributed by atoms with Crippen molar-refractivity contribution < 1.29 is 4.74 Å². The molecule has 2 unspecified atom stereocenters. The van der Waals surface area contributed by atoms with Gasteiger partial charge in [-0.2, -0.15) is 10.2 Å². The van der Waals surface area contributed by atoms with Crippen LogP contribution >= 0.6 is 0 Å². The molecule has 2 N–H and O–H groups in total. The van der Waals surface area contributed by atoms with Crippen molar-refractivity contribution in [1.29, 1.82) is 0 Å². The highest BCUT2D eigenvalue weighted by atomic mass is 16.5. The number of rotatable bonds is 2. The van der Waals surface area contributed by atoms with E-state index in [1.165, 1.54) is 37.7 Å². The zero-order valence-electron chi connectivity index (χ0n) is 13.3. The highest BCUT2D eigenvalue weighted by Crippen LogP contribution is 2.43. The van der Waals surface area contributed by atoms with Gasteiger partial charge in [-0.25, -0.2) is 0 Å². The molecule has 1 aliphatic carbocycles. The average molecular weight is 289 g/mol. The molecule has 0 aromatic carbocycles. The zero-order chi connectivity index (χ0) is 14.9. The third-order valence-electron chi connectivity index (χ3n) is 5.30. The molecule has 0 radical (unpaired) electrons. The molecule has 21 heavy (non-hydrogen) atoms. The molecular weight excluding hydrogens is 262 g/mol. The minimum Gasteiger partial charge on any atom is -0.375 e. The Morgan fingerprint density at radius 1 is 1.24 bits per heavy atom. The van der Waals surface area contributed by atoms with Gasteiger partial charge >= 0.3 is 0 Å². The maximum Gasteiger partial charge on any atom is 0.0685 e. The van der Waals surface area contributed by atoms with Crippen LogP contribution in [0.15, 0.2) is 6.07 Å². The largest absolute Gasteiger partial charge is 0.375 e. The van der Waals surface area contributed by atoms with Crippen molar-refractivity contribution >= 4 is 0 Å². The number of ether oxygens (including phenoxy) is 1. The number of hydrogen-bond acceptors (Lipinski definition) is 4. The highest BCUT2D eigenvalue weighted by molar-refractivity contribution is 5.24. The minimum absolute atomic E-state index is 0.0573. The fourth-order valence-corrected chi connectivity index (χ4v) is 4.08. The molecule has 116 valence electrons. The van der Waals surface area contributed by atoms with Gasteiger partial charge in [-0.3, -0.25) is 0 Å². The topological polar surface area (TPSA) is 61.0 Å². The lowest BCUT2D eigenvalue weighted by Crippen LogP contribution is -2.44. The van der Waals surface area contributed by atoms with Gasteiger partial charge in [0.1, 0.15) is 0 Å². The maximum absolute atomic E-state index is 6.61. The van der Waals surface area contributed by atoms with E-state index in [1.807, 2.05) is 13.8 Å². The molecule has 4 nitrogen and oxygen atoms in total. The Kier molecular flexibility index (Phi) is 4.27. The fraction of sp³-hybridized carbons (Fsp3) is 0.765. The van der Waals surface area contributed by atoms with E-state index in [-0.39, 0.29) is 11.6 Å². The molecule has 2 atom stereocenters. The van der Waals surface area contributed by atoms with Gasteiger partial charge in [0.05, 0.1) is 17.0 Å². The molecule has 1 aromatic rings. The molecule has 0 amide bonds. The van der Waals surface area contributed by atoms with Crippen molar-refractivity contribution in [3.8, 4) is 0 Å². The van der Waals surface area contributed by atoms with Crippen LogP contribution in [-0.2, 0) is 4.74 Å². The minimum atomic E-state index is 0.0573. The first-order valence-electron chi connectivity index (χ1n) is 8.30. The van der Waals surface area contributed by atoms with Crippen LogP contribution in [0.4, 0.5) is 0 Å². The van der Waals surface area contributed by atoms with Crippen LogP contribution in [0.25, 0.3) is 0 Å². The van der Waals surface area contributed by atoms with Gasteiger partial charge in [-0.1, -0.05) is 19.3 Å². The summed E-state index contributed by atoms with van der Waals surface area (Å²) in [6.45, 7) is 4.85. The monoisotopic (exact) mass is 289 g/mol. The van der Waals surface area contributed by atoms with E-state index in [0.29, 0.717) is 5.92 Å². The Morgan fingerprint density at radius 2 is 2.00 bits per heavy atom. The molecule has 2 heterocycles. The third kappa shape index (κ3) is 3.11. The number of aryl methyl sites for hydroxylation is 2. The van der Waals surface area contributed by atoms with Crippen LogP contribution in [0.1, 0.15) is 67.9 Å². The van der Waals surface area contributed by atoms with E-state index >= 15 is 0 Å². The summed E-state index contributed by atoms with van der Waals surface area (Å²) < 4.78 is 6.19. The smallest absolute Gasteiger partial charge is 0.0685 e. The molecule has 4 heteroatoms. The van der Waals surface area contributed by atoms with Crippen molar-refractivity contribution in [2.45, 2.75) is 70.4 Å². The summed E-state index contributed by atoms with van der Waals surface area (Å²) in [5.41, 5.74) is 9.81. The van der Waals surface area contributed by atoms with Gasteiger partial charge in [-0.05, 0) is 57.1 Å². The molecule has 1 saturated heterocycles. The average Bonchev–Trinajstić information content (AvgIpc) is 2.50. The van der Waals surface area contributed by atoms with E-state index < -0.39 is 0 Å². The van der Waals surface area contributed by atoms with E-state index in [0.717, 1.165) is 30.8 Å². The van der Waals surface area contributed by atoms with Crippen molar-refractivity contribution in [2.75, 3.05) is 6.61 Å². The summed E-state index contributed by atoms with van der Waals surface area (Å²) in [5, 5.41) is 8.36. The summed E-state index contributed by atoms with van der Waals surface area (Å²) in [6, 6.07) is 2.16. The van der Waals surface area contributed by atoms with E-state index in [1.54, 1.807) is 0 Å². The highest BCUT2D eigenvalue weighted by Gasteiger charge is 2.40. The Hall–Kier alpha value is -1.00. The maximum atomic E-state index is 6.61. The van der Waals surface area contributed by atoms with Gasteiger partial charge in [-0.15, -0.1) is 0 Å². The standard InChI is InChI=1S/C17H27N3O/c1-12-10-15(13(2)20-19-12)16(18)14-6-9-21-17(11-14)7-4-3-5-8-17/h10,14,16H,3-9,11,18H2,1-2H3. The predicted octanol–water partition coefficient (Wildman–Crippen LogP) is 3.22. The van der Waals surface area contributed by atoms with Gasteiger partial charge in [0, 0.05) is 12.6 Å². The van der Waals surface area contributed by atoms with Gasteiger partial charge in [0.25, 0.3) is 0 Å². The second-order valence-corrected chi connectivity index (χ2v) is 6.90. The Labute approximate surface area is 127 Å². The molecule has 2 fully saturated rings. The van der Waals surface area contributed by atoms with E-state index in [4.69, 9.17) is 10.5 Å². The summed E-state index contributed by atoms with van der Waals surface area (Å²) >= 11 is 0. The van der Waals surface area contributed by atoms with Gasteiger partial charge in [0.2, 0.25) is 0 Å². The van der Waals surface area contributed by atoms with Crippen LogP contribution < -0.4 is 5.73 Å². The van der Waals surface area contributed by atoms with E-state index in [9.17, 15) is 0 Å². The van der Waals surface area contributed by atoms with Crippen LogP contribution in [0.5, 0.6) is 0 Å². The zero-order valence-corrected chi connectivity index (χ0v) is 13.3. The Bertz CT molecular complexity index is 491. The SMILES string of the molecule is Cc1cc(C(N)C2CCOC3(CCCCC3)C2)c(C)nn1. The van der Waals surface area contributed by atoms with Gasteiger partial charge in [0.15, 0.2) is 0 Å². The Balaban J connectivity index is 1.77. The lowest BCUT2D eigenvalue weighted by atomic mass is 9.73. The first-order chi connectivity index (χ1) is 10.1. The fourth-order valence-electron chi connectivity index (χ4n) is 4.08. The molecular formula is C17H27N3O. The summed E-state index contributed by atoms with van der Waals surface area (Å²) in [7, 11) is 0. The van der Waals surface area contributed by atoms with Crippen LogP contribution in [0, 0.1) is 19.8 Å². The van der Waals surface area contributed by atoms with Crippen molar-refractivity contribution in [3.63, 3.8) is 0 Å². The molecule has 1 aromatic heterocycles. The van der Waals surface area contributed by atoms with Crippen LogP contribution in [0.3, 0.4) is 0 Å². The number of nitrogens with two attached hydrogens (primary N) is 1.